The predicted molar refractivity (Wildman–Crippen MR) is 66.9 cm³/mol. The average Bonchev–Trinajstić information content (AvgIpc) is 2.51. The van der Waals surface area contributed by atoms with Gasteiger partial charge in [-0.05, 0) is 38.0 Å². The summed E-state index contributed by atoms with van der Waals surface area (Å²) in [5.41, 5.74) is 9.22. The van der Waals surface area contributed by atoms with Gasteiger partial charge in [-0.2, -0.15) is 0 Å². The number of aromatic nitrogens is 2. The van der Waals surface area contributed by atoms with Crippen LogP contribution in [0.3, 0.4) is 0 Å². The molecule has 1 heterocycles. The lowest BCUT2D eigenvalue weighted by molar-refractivity contribution is 1.15. The Morgan fingerprint density at radius 1 is 1.25 bits per heavy atom. The van der Waals surface area contributed by atoms with Crippen molar-refractivity contribution >= 4 is 17.3 Å². The molecule has 0 bridgehead atoms. The molecule has 4 heteroatoms. The number of nitrogens with one attached hydrogen (secondary N) is 2. The highest BCUT2D eigenvalue weighted by Gasteiger charge is 2.06. The van der Waals surface area contributed by atoms with Gasteiger partial charge in [0, 0.05) is 5.69 Å². The minimum Gasteiger partial charge on any atom is -0.382 e. The number of nitrogen functional groups attached to an aromatic ring is 1. The van der Waals surface area contributed by atoms with Crippen LogP contribution in [0.5, 0.6) is 0 Å². The number of benzene rings is 1. The number of nitrogens with two attached hydrogens (primary N) is 1. The SMILES string of the molecule is Cc1ccc(C)c(Nc2nc(C)[nH]c2N)c1. The van der Waals surface area contributed by atoms with Crippen LogP contribution in [0.2, 0.25) is 0 Å². The molecule has 0 aliphatic rings. The van der Waals surface area contributed by atoms with E-state index in [0.29, 0.717) is 11.6 Å². The van der Waals surface area contributed by atoms with Crippen molar-refractivity contribution in [1.29, 1.82) is 0 Å². The number of nitrogens with zero attached hydrogens (tertiary/aromatic N) is 1. The Kier molecular flexibility index (Phi) is 2.56. The molecular weight excluding hydrogens is 200 g/mol. The van der Waals surface area contributed by atoms with E-state index in [0.717, 1.165) is 11.5 Å². The summed E-state index contributed by atoms with van der Waals surface area (Å²) >= 11 is 0. The van der Waals surface area contributed by atoms with Crippen molar-refractivity contribution in [3.8, 4) is 0 Å². The lowest BCUT2D eigenvalue weighted by Crippen LogP contribution is -1.97. The van der Waals surface area contributed by atoms with E-state index in [2.05, 4.69) is 47.3 Å². The zero-order chi connectivity index (χ0) is 11.7. The van der Waals surface area contributed by atoms with Crippen LogP contribution in [0.4, 0.5) is 17.3 Å². The normalized spacial score (nSPS) is 10.4. The number of hydrogen-bond donors (Lipinski definition) is 3. The van der Waals surface area contributed by atoms with Crippen LogP contribution in [0, 0.1) is 20.8 Å². The smallest absolute Gasteiger partial charge is 0.173 e. The molecule has 4 N–H and O–H groups in total. The second kappa shape index (κ2) is 3.89. The maximum atomic E-state index is 5.80. The molecule has 1 aromatic carbocycles. The molecule has 0 unspecified atom stereocenters. The summed E-state index contributed by atoms with van der Waals surface area (Å²) in [6, 6.07) is 6.24. The van der Waals surface area contributed by atoms with E-state index in [-0.39, 0.29) is 0 Å². The van der Waals surface area contributed by atoms with Crippen LogP contribution in [0.15, 0.2) is 18.2 Å². The fraction of sp³-hybridized carbons (Fsp3) is 0.250. The molecule has 2 rings (SSSR count). The Balaban J connectivity index is 2.33. The number of aryl methyl sites for hydroxylation is 3. The Labute approximate surface area is 94.9 Å². The van der Waals surface area contributed by atoms with Gasteiger partial charge in [0.15, 0.2) is 5.82 Å². The standard InChI is InChI=1S/C12H16N4/c1-7-4-5-8(2)10(6-7)16-12-11(13)14-9(3)15-12/h4-6,16H,13H2,1-3H3,(H,14,15). The van der Waals surface area contributed by atoms with E-state index >= 15 is 0 Å². The minimum absolute atomic E-state index is 0.568. The number of imidazole rings is 1. The number of aromatic amines is 1. The van der Waals surface area contributed by atoms with Gasteiger partial charge in [-0.3, -0.25) is 0 Å². The van der Waals surface area contributed by atoms with Crippen molar-refractivity contribution in [3.63, 3.8) is 0 Å². The molecule has 0 saturated carbocycles. The highest BCUT2D eigenvalue weighted by Crippen LogP contribution is 2.23. The second-order valence-corrected chi connectivity index (χ2v) is 4.03. The third-order valence-electron chi connectivity index (χ3n) is 2.50. The van der Waals surface area contributed by atoms with Gasteiger partial charge >= 0.3 is 0 Å². The van der Waals surface area contributed by atoms with Gasteiger partial charge in [-0.1, -0.05) is 12.1 Å². The maximum Gasteiger partial charge on any atom is 0.173 e. The van der Waals surface area contributed by atoms with E-state index in [1.54, 1.807) is 0 Å². The van der Waals surface area contributed by atoms with E-state index < -0.39 is 0 Å². The van der Waals surface area contributed by atoms with E-state index in [4.69, 9.17) is 5.73 Å². The van der Waals surface area contributed by atoms with Gasteiger partial charge in [0.25, 0.3) is 0 Å². The van der Waals surface area contributed by atoms with Crippen molar-refractivity contribution < 1.29 is 0 Å². The Bertz CT molecular complexity index is 514. The van der Waals surface area contributed by atoms with Crippen molar-refractivity contribution in [2.45, 2.75) is 20.8 Å². The molecule has 0 aliphatic heterocycles. The first-order valence-corrected chi connectivity index (χ1v) is 5.22. The number of H-pyrrole nitrogens is 1. The van der Waals surface area contributed by atoms with Gasteiger partial charge in [0.1, 0.15) is 11.6 Å². The maximum absolute atomic E-state index is 5.80. The third kappa shape index (κ3) is 2.00. The van der Waals surface area contributed by atoms with Crippen LogP contribution < -0.4 is 11.1 Å². The Hall–Kier alpha value is -1.97. The zero-order valence-electron chi connectivity index (χ0n) is 9.76. The summed E-state index contributed by atoms with van der Waals surface area (Å²) in [5, 5.41) is 3.23. The first-order chi connectivity index (χ1) is 7.56. The average molecular weight is 216 g/mol. The summed E-state index contributed by atoms with van der Waals surface area (Å²) in [5.74, 6) is 2.06. The number of anilines is 3. The Morgan fingerprint density at radius 3 is 2.62 bits per heavy atom. The van der Waals surface area contributed by atoms with E-state index in [9.17, 15) is 0 Å². The molecule has 2 aromatic rings. The molecule has 4 nitrogen and oxygen atoms in total. The molecule has 0 atom stereocenters. The quantitative estimate of drug-likeness (QED) is 0.723. The summed E-state index contributed by atoms with van der Waals surface area (Å²) in [4.78, 5) is 7.25. The van der Waals surface area contributed by atoms with Crippen molar-refractivity contribution in [2.24, 2.45) is 0 Å². The molecule has 0 radical (unpaired) electrons. The number of rotatable bonds is 2. The van der Waals surface area contributed by atoms with Crippen LogP contribution in [0.25, 0.3) is 0 Å². The van der Waals surface area contributed by atoms with Crippen LogP contribution in [0.1, 0.15) is 17.0 Å². The summed E-state index contributed by atoms with van der Waals surface area (Å²) in [6.07, 6.45) is 0. The number of hydrogen-bond acceptors (Lipinski definition) is 3. The first-order valence-electron chi connectivity index (χ1n) is 5.22. The lowest BCUT2D eigenvalue weighted by atomic mass is 10.1. The molecule has 84 valence electrons. The zero-order valence-corrected chi connectivity index (χ0v) is 9.76. The van der Waals surface area contributed by atoms with E-state index in [1.807, 2.05) is 6.92 Å². The molecule has 0 amide bonds. The lowest BCUT2D eigenvalue weighted by Gasteiger charge is -2.08. The van der Waals surface area contributed by atoms with Gasteiger partial charge in [-0.15, -0.1) is 0 Å². The molecule has 0 fully saturated rings. The van der Waals surface area contributed by atoms with Gasteiger partial charge in [0.2, 0.25) is 0 Å². The minimum atomic E-state index is 0.568. The monoisotopic (exact) mass is 216 g/mol. The second-order valence-electron chi connectivity index (χ2n) is 4.03. The van der Waals surface area contributed by atoms with Crippen molar-refractivity contribution in [2.75, 3.05) is 11.1 Å². The molecule has 0 spiro atoms. The molecule has 16 heavy (non-hydrogen) atoms. The first kappa shape index (κ1) is 10.5. The van der Waals surface area contributed by atoms with Crippen molar-refractivity contribution in [1.82, 2.24) is 9.97 Å². The topological polar surface area (TPSA) is 66.7 Å². The molecule has 1 aromatic heterocycles. The summed E-state index contributed by atoms with van der Waals surface area (Å²) in [7, 11) is 0. The third-order valence-corrected chi connectivity index (χ3v) is 2.50. The van der Waals surface area contributed by atoms with Gasteiger partial charge in [-0.25, -0.2) is 4.98 Å². The van der Waals surface area contributed by atoms with Crippen LogP contribution in [-0.4, -0.2) is 9.97 Å². The van der Waals surface area contributed by atoms with E-state index in [1.165, 1.54) is 11.1 Å². The molecule has 0 saturated heterocycles. The highest BCUT2D eigenvalue weighted by molar-refractivity contribution is 5.68. The Morgan fingerprint density at radius 2 is 2.00 bits per heavy atom. The van der Waals surface area contributed by atoms with Crippen molar-refractivity contribution in [3.05, 3.63) is 35.2 Å². The highest BCUT2D eigenvalue weighted by atomic mass is 15.1. The molecular formula is C12H16N4. The fourth-order valence-electron chi connectivity index (χ4n) is 1.60. The summed E-state index contributed by atoms with van der Waals surface area (Å²) < 4.78 is 0. The predicted octanol–water partition coefficient (Wildman–Crippen LogP) is 2.66. The molecule has 0 aliphatic carbocycles. The largest absolute Gasteiger partial charge is 0.382 e. The van der Waals surface area contributed by atoms with Gasteiger partial charge in [0.05, 0.1) is 0 Å². The van der Waals surface area contributed by atoms with Gasteiger partial charge < -0.3 is 16.0 Å². The summed E-state index contributed by atoms with van der Waals surface area (Å²) in [6.45, 7) is 5.99. The van der Waals surface area contributed by atoms with Crippen LogP contribution >= 0.6 is 0 Å². The van der Waals surface area contributed by atoms with Crippen LogP contribution in [-0.2, 0) is 0 Å². The fourth-order valence-corrected chi connectivity index (χ4v) is 1.60.